The minimum Gasteiger partial charge on any atom is -0.356 e. The Labute approximate surface area is 134 Å². The first-order valence-corrected chi connectivity index (χ1v) is 8.16. The number of aromatic amines is 1. The number of nitrogens with zero attached hydrogens (tertiary/aromatic N) is 3. The van der Waals surface area contributed by atoms with Crippen LogP contribution in [0.2, 0.25) is 0 Å². The van der Waals surface area contributed by atoms with E-state index in [0.717, 1.165) is 52.3 Å². The van der Waals surface area contributed by atoms with Crippen LogP contribution in [0, 0.1) is 5.92 Å². The lowest BCUT2D eigenvalue weighted by molar-refractivity contribution is 0.101. The van der Waals surface area contributed by atoms with Gasteiger partial charge in [-0.15, -0.1) is 0 Å². The maximum atomic E-state index is 11.7. The van der Waals surface area contributed by atoms with Crippen molar-refractivity contribution in [1.29, 1.82) is 0 Å². The second kappa shape index (κ2) is 5.33. The average Bonchev–Trinajstić information content (AvgIpc) is 2.93. The van der Waals surface area contributed by atoms with Crippen molar-refractivity contribution >= 4 is 33.5 Å². The lowest BCUT2D eigenvalue weighted by Crippen LogP contribution is -2.33. The van der Waals surface area contributed by atoms with Gasteiger partial charge in [0, 0.05) is 29.6 Å². The van der Waals surface area contributed by atoms with E-state index in [0.29, 0.717) is 0 Å². The van der Waals surface area contributed by atoms with Gasteiger partial charge in [-0.3, -0.25) is 4.79 Å². The van der Waals surface area contributed by atoms with Gasteiger partial charge >= 0.3 is 0 Å². The number of carbonyl (C=O) groups excluding carboxylic acids is 1. The summed E-state index contributed by atoms with van der Waals surface area (Å²) in [5.41, 5.74) is 2.56. The number of aromatic nitrogens is 3. The summed E-state index contributed by atoms with van der Waals surface area (Å²) in [5.74, 6) is 1.83. The van der Waals surface area contributed by atoms with E-state index in [9.17, 15) is 4.79 Å². The number of hydrogen-bond donors (Lipinski definition) is 1. The van der Waals surface area contributed by atoms with Gasteiger partial charge in [-0.2, -0.15) is 0 Å². The SMILES string of the molecule is CC(=O)c1ccc2[nH]c3ncnc(N4CCC(C)CC4)c3c2c1. The molecule has 3 aromatic rings. The number of nitrogens with one attached hydrogen (secondary N) is 1. The molecule has 0 unspecified atom stereocenters. The van der Waals surface area contributed by atoms with Crippen LogP contribution < -0.4 is 4.90 Å². The minimum atomic E-state index is 0.0754. The number of H-pyrrole nitrogens is 1. The third-order valence-corrected chi connectivity index (χ3v) is 4.86. The van der Waals surface area contributed by atoms with Gasteiger partial charge in [0.15, 0.2) is 5.78 Å². The second-order valence-corrected chi connectivity index (χ2v) is 6.53. The fourth-order valence-corrected chi connectivity index (χ4v) is 3.39. The molecule has 4 rings (SSSR count). The molecule has 118 valence electrons. The van der Waals surface area contributed by atoms with Crippen molar-refractivity contribution in [2.45, 2.75) is 26.7 Å². The van der Waals surface area contributed by atoms with E-state index in [-0.39, 0.29) is 5.78 Å². The van der Waals surface area contributed by atoms with E-state index in [1.165, 1.54) is 12.8 Å². The number of anilines is 1. The maximum absolute atomic E-state index is 11.7. The van der Waals surface area contributed by atoms with Crippen molar-refractivity contribution in [3.63, 3.8) is 0 Å². The first kappa shape index (κ1) is 14.2. The molecule has 0 spiro atoms. The zero-order valence-corrected chi connectivity index (χ0v) is 13.5. The predicted octanol–water partition coefficient (Wildman–Crippen LogP) is 3.55. The molecule has 1 aromatic carbocycles. The van der Waals surface area contributed by atoms with Crippen LogP contribution in [-0.4, -0.2) is 33.8 Å². The highest BCUT2D eigenvalue weighted by Crippen LogP contribution is 2.33. The van der Waals surface area contributed by atoms with E-state index in [4.69, 9.17) is 0 Å². The summed E-state index contributed by atoms with van der Waals surface area (Å²) in [7, 11) is 0. The summed E-state index contributed by atoms with van der Waals surface area (Å²) < 4.78 is 0. The summed E-state index contributed by atoms with van der Waals surface area (Å²) >= 11 is 0. The Kier molecular flexibility index (Phi) is 3.29. The van der Waals surface area contributed by atoms with Gasteiger partial charge in [-0.25, -0.2) is 9.97 Å². The van der Waals surface area contributed by atoms with Gasteiger partial charge in [0.2, 0.25) is 0 Å². The van der Waals surface area contributed by atoms with Gasteiger partial charge in [-0.1, -0.05) is 6.92 Å². The van der Waals surface area contributed by atoms with Crippen LogP contribution in [0.4, 0.5) is 5.82 Å². The topological polar surface area (TPSA) is 61.9 Å². The molecule has 0 radical (unpaired) electrons. The third-order valence-electron chi connectivity index (χ3n) is 4.86. The molecular formula is C18H20N4O. The summed E-state index contributed by atoms with van der Waals surface area (Å²) in [6.45, 7) is 5.94. The van der Waals surface area contributed by atoms with Crippen LogP contribution in [0.5, 0.6) is 0 Å². The zero-order valence-electron chi connectivity index (χ0n) is 13.5. The van der Waals surface area contributed by atoms with Crippen LogP contribution in [0.1, 0.15) is 37.0 Å². The van der Waals surface area contributed by atoms with Crippen LogP contribution >= 0.6 is 0 Å². The van der Waals surface area contributed by atoms with Crippen LogP contribution in [0.3, 0.4) is 0 Å². The number of benzene rings is 1. The van der Waals surface area contributed by atoms with E-state index in [2.05, 4.69) is 26.8 Å². The Balaban J connectivity index is 1.92. The smallest absolute Gasteiger partial charge is 0.159 e. The Hall–Kier alpha value is -2.43. The summed E-state index contributed by atoms with van der Waals surface area (Å²) in [6.07, 6.45) is 4.00. The van der Waals surface area contributed by atoms with Crippen LogP contribution in [-0.2, 0) is 0 Å². The van der Waals surface area contributed by atoms with Crippen molar-refractivity contribution in [3.8, 4) is 0 Å². The minimum absolute atomic E-state index is 0.0754. The first-order valence-electron chi connectivity index (χ1n) is 8.16. The maximum Gasteiger partial charge on any atom is 0.159 e. The highest BCUT2D eigenvalue weighted by atomic mass is 16.1. The largest absolute Gasteiger partial charge is 0.356 e. The van der Waals surface area contributed by atoms with Crippen molar-refractivity contribution in [2.75, 3.05) is 18.0 Å². The number of ketones is 1. The normalized spacial score (nSPS) is 16.3. The van der Waals surface area contributed by atoms with Gasteiger partial charge in [0.25, 0.3) is 0 Å². The molecule has 0 bridgehead atoms. The highest BCUT2D eigenvalue weighted by Gasteiger charge is 2.21. The Bertz CT molecular complexity index is 891. The number of carbonyl (C=O) groups is 1. The molecule has 0 amide bonds. The van der Waals surface area contributed by atoms with E-state index < -0.39 is 0 Å². The fraction of sp³-hybridized carbons (Fsp3) is 0.389. The van der Waals surface area contributed by atoms with Crippen LogP contribution in [0.15, 0.2) is 24.5 Å². The molecule has 1 saturated heterocycles. The Morgan fingerprint density at radius 2 is 2.04 bits per heavy atom. The van der Waals surface area contributed by atoms with E-state index in [1.807, 2.05) is 18.2 Å². The van der Waals surface area contributed by atoms with Crippen molar-refractivity contribution in [2.24, 2.45) is 5.92 Å². The molecule has 0 aliphatic carbocycles. The Morgan fingerprint density at radius 1 is 1.26 bits per heavy atom. The molecule has 5 heteroatoms. The standard InChI is InChI=1S/C18H20N4O/c1-11-5-7-22(8-6-11)18-16-14-9-13(12(2)23)3-4-15(14)21-17(16)19-10-20-18/h3-4,9-11H,5-8H2,1-2H3,(H,19,20,21). The van der Waals surface area contributed by atoms with Crippen molar-refractivity contribution in [3.05, 3.63) is 30.1 Å². The molecule has 5 nitrogen and oxygen atoms in total. The van der Waals surface area contributed by atoms with Gasteiger partial charge < -0.3 is 9.88 Å². The molecular weight excluding hydrogens is 288 g/mol. The molecule has 3 heterocycles. The summed E-state index contributed by atoms with van der Waals surface area (Å²) in [5, 5.41) is 2.06. The molecule has 1 aliphatic heterocycles. The number of hydrogen-bond acceptors (Lipinski definition) is 4. The van der Waals surface area contributed by atoms with E-state index >= 15 is 0 Å². The molecule has 1 N–H and O–H groups in total. The quantitative estimate of drug-likeness (QED) is 0.735. The number of rotatable bonds is 2. The van der Waals surface area contributed by atoms with Gasteiger partial charge in [0.05, 0.1) is 5.39 Å². The summed E-state index contributed by atoms with van der Waals surface area (Å²) in [4.78, 5) is 26.4. The molecule has 2 aromatic heterocycles. The zero-order chi connectivity index (χ0) is 16.0. The molecule has 0 atom stereocenters. The monoisotopic (exact) mass is 308 g/mol. The second-order valence-electron chi connectivity index (χ2n) is 6.53. The summed E-state index contributed by atoms with van der Waals surface area (Å²) in [6, 6.07) is 5.77. The molecule has 1 aliphatic rings. The predicted molar refractivity (Wildman–Crippen MR) is 92.0 cm³/mol. The molecule has 0 saturated carbocycles. The van der Waals surface area contributed by atoms with Crippen molar-refractivity contribution < 1.29 is 4.79 Å². The van der Waals surface area contributed by atoms with Crippen LogP contribution in [0.25, 0.3) is 21.9 Å². The van der Waals surface area contributed by atoms with Gasteiger partial charge in [-0.05, 0) is 43.9 Å². The number of Topliss-reactive ketones (excluding diaryl/α,β-unsaturated/α-hetero) is 1. The molecule has 23 heavy (non-hydrogen) atoms. The number of piperidine rings is 1. The van der Waals surface area contributed by atoms with Crippen molar-refractivity contribution in [1.82, 2.24) is 15.0 Å². The lowest BCUT2D eigenvalue weighted by Gasteiger charge is -2.31. The fourth-order valence-electron chi connectivity index (χ4n) is 3.39. The Morgan fingerprint density at radius 3 is 2.78 bits per heavy atom. The van der Waals surface area contributed by atoms with Gasteiger partial charge in [0.1, 0.15) is 17.8 Å². The first-order chi connectivity index (χ1) is 11.1. The molecule has 1 fully saturated rings. The third kappa shape index (κ3) is 2.36. The number of fused-ring (bicyclic) bond motifs is 3. The lowest BCUT2D eigenvalue weighted by atomic mass is 9.99. The van der Waals surface area contributed by atoms with E-state index in [1.54, 1.807) is 13.3 Å². The average molecular weight is 308 g/mol. The highest BCUT2D eigenvalue weighted by molar-refractivity contribution is 6.13.